The first kappa shape index (κ1) is 16.9. The highest BCUT2D eigenvalue weighted by atomic mass is 32.1. The highest BCUT2D eigenvalue weighted by molar-refractivity contribution is 7.80. The molecule has 2 N–H and O–H groups in total. The van der Waals surface area contributed by atoms with Crippen LogP contribution in [0.4, 0.5) is 5.69 Å². The van der Waals surface area contributed by atoms with Crippen LogP contribution < -0.4 is 10.6 Å². The van der Waals surface area contributed by atoms with E-state index in [1.54, 1.807) is 0 Å². The van der Waals surface area contributed by atoms with Gasteiger partial charge in [0, 0.05) is 18.8 Å². The predicted octanol–water partition coefficient (Wildman–Crippen LogP) is 3.18. The van der Waals surface area contributed by atoms with Crippen LogP contribution in [0.1, 0.15) is 25.0 Å². The molecule has 0 spiro atoms. The molecule has 0 aliphatic rings. The first-order valence-electron chi connectivity index (χ1n) is 6.96. The minimum atomic E-state index is 0.178. The van der Waals surface area contributed by atoms with Crippen molar-refractivity contribution >= 4 is 23.0 Å². The van der Waals surface area contributed by atoms with Gasteiger partial charge in [0.25, 0.3) is 0 Å². The van der Waals surface area contributed by atoms with Crippen LogP contribution in [-0.2, 0) is 0 Å². The molecule has 0 saturated carbocycles. The van der Waals surface area contributed by atoms with Gasteiger partial charge in [0.15, 0.2) is 5.11 Å². The zero-order valence-electron chi connectivity index (χ0n) is 13.5. The number of nitrogens with zero attached hydrogens (tertiary/aromatic N) is 1. The van der Waals surface area contributed by atoms with Gasteiger partial charge in [-0.05, 0) is 68.8 Å². The van der Waals surface area contributed by atoms with Crippen LogP contribution in [0, 0.1) is 19.3 Å². The van der Waals surface area contributed by atoms with Gasteiger partial charge in [-0.3, -0.25) is 0 Å². The lowest BCUT2D eigenvalue weighted by atomic mass is 9.93. The van der Waals surface area contributed by atoms with Crippen molar-refractivity contribution in [2.24, 2.45) is 5.41 Å². The molecule has 0 amide bonds. The lowest BCUT2D eigenvalue weighted by Crippen LogP contribution is -2.41. The van der Waals surface area contributed by atoms with Crippen LogP contribution in [0.15, 0.2) is 18.2 Å². The van der Waals surface area contributed by atoms with Gasteiger partial charge in [-0.1, -0.05) is 19.9 Å². The van der Waals surface area contributed by atoms with E-state index in [9.17, 15) is 0 Å². The first-order chi connectivity index (χ1) is 9.18. The van der Waals surface area contributed by atoms with Crippen LogP contribution in [-0.4, -0.2) is 37.2 Å². The maximum absolute atomic E-state index is 5.37. The molecule has 0 atom stereocenters. The lowest BCUT2D eigenvalue weighted by Gasteiger charge is -2.29. The summed E-state index contributed by atoms with van der Waals surface area (Å²) < 4.78 is 0. The van der Waals surface area contributed by atoms with Gasteiger partial charge in [-0.15, -0.1) is 0 Å². The first-order valence-corrected chi connectivity index (χ1v) is 7.37. The molecule has 0 aromatic heterocycles. The smallest absolute Gasteiger partial charge is 0.170 e. The summed E-state index contributed by atoms with van der Waals surface area (Å²) in [7, 11) is 4.18. The van der Waals surface area contributed by atoms with Gasteiger partial charge < -0.3 is 15.5 Å². The van der Waals surface area contributed by atoms with Crippen LogP contribution in [0.2, 0.25) is 0 Å². The lowest BCUT2D eigenvalue weighted by molar-refractivity contribution is 0.242. The largest absolute Gasteiger partial charge is 0.362 e. The molecule has 20 heavy (non-hydrogen) atoms. The van der Waals surface area contributed by atoms with Crippen LogP contribution in [0.5, 0.6) is 0 Å². The average Bonchev–Trinajstić information content (AvgIpc) is 2.23. The molecular weight excluding hydrogens is 266 g/mol. The van der Waals surface area contributed by atoms with Crippen molar-refractivity contribution in [2.45, 2.75) is 27.7 Å². The quantitative estimate of drug-likeness (QED) is 0.816. The second kappa shape index (κ2) is 7.04. The van der Waals surface area contributed by atoms with E-state index in [2.05, 4.69) is 75.5 Å². The Morgan fingerprint density at radius 2 is 1.70 bits per heavy atom. The molecular formula is C16H27N3S. The van der Waals surface area contributed by atoms with E-state index in [4.69, 9.17) is 12.2 Å². The van der Waals surface area contributed by atoms with Gasteiger partial charge in [-0.2, -0.15) is 0 Å². The Labute approximate surface area is 128 Å². The van der Waals surface area contributed by atoms with Gasteiger partial charge in [0.2, 0.25) is 0 Å². The fourth-order valence-electron chi connectivity index (χ4n) is 2.45. The maximum atomic E-state index is 5.37. The minimum absolute atomic E-state index is 0.178. The maximum Gasteiger partial charge on any atom is 0.170 e. The second-order valence-electron chi connectivity index (χ2n) is 6.59. The number of aryl methyl sites for hydroxylation is 2. The van der Waals surface area contributed by atoms with Crippen LogP contribution in [0.25, 0.3) is 0 Å². The van der Waals surface area contributed by atoms with Crippen molar-refractivity contribution in [1.29, 1.82) is 0 Å². The van der Waals surface area contributed by atoms with Gasteiger partial charge in [-0.25, -0.2) is 0 Å². The molecule has 4 heteroatoms. The predicted molar refractivity (Wildman–Crippen MR) is 92.5 cm³/mol. The van der Waals surface area contributed by atoms with E-state index < -0.39 is 0 Å². The van der Waals surface area contributed by atoms with Gasteiger partial charge in [0.1, 0.15) is 0 Å². The van der Waals surface area contributed by atoms with E-state index >= 15 is 0 Å². The molecule has 0 radical (unpaired) electrons. The summed E-state index contributed by atoms with van der Waals surface area (Å²) in [5.74, 6) is 0. The molecule has 3 nitrogen and oxygen atoms in total. The van der Waals surface area contributed by atoms with E-state index in [-0.39, 0.29) is 5.41 Å². The standard InChI is InChI=1S/C16H27N3S/c1-12-7-13(2)9-14(8-12)18-15(20)17-10-16(3,4)11-19(5)6/h7-9H,10-11H2,1-6H3,(H2,17,18,20). The van der Waals surface area contributed by atoms with Crippen molar-refractivity contribution in [1.82, 2.24) is 10.2 Å². The molecule has 1 aromatic carbocycles. The molecule has 0 aliphatic heterocycles. The molecule has 0 heterocycles. The molecule has 0 fully saturated rings. The Kier molecular flexibility index (Phi) is 5.96. The van der Waals surface area contributed by atoms with Gasteiger partial charge >= 0.3 is 0 Å². The van der Waals surface area contributed by atoms with Crippen LogP contribution in [0.3, 0.4) is 0 Å². The van der Waals surface area contributed by atoms with E-state index in [0.29, 0.717) is 5.11 Å². The molecule has 0 aliphatic carbocycles. The Bertz CT molecular complexity index is 447. The number of benzene rings is 1. The van der Waals surface area contributed by atoms with Crippen molar-refractivity contribution < 1.29 is 0 Å². The van der Waals surface area contributed by atoms with E-state index in [1.165, 1.54) is 11.1 Å². The summed E-state index contributed by atoms with van der Waals surface area (Å²) in [5, 5.41) is 7.25. The Hall–Kier alpha value is -1.13. The Balaban J connectivity index is 2.51. The number of hydrogen-bond acceptors (Lipinski definition) is 2. The zero-order valence-corrected chi connectivity index (χ0v) is 14.3. The summed E-state index contributed by atoms with van der Waals surface area (Å²) in [4.78, 5) is 2.20. The zero-order chi connectivity index (χ0) is 15.3. The fourth-order valence-corrected chi connectivity index (χ4v) is 2.64. The average molecular weight is 293 g/mol. The summed E-state index contributed by atoms with van der Waals surface area (Å²) in [6, 6.07) is 6.36. The number of rotatable bonds is 5. The summed E-state index contributed by atoms with van der Waals surface area (Å²) >= 11 is 5.37. The topological polar surface area (TPSA) is 27.3 Å². The third-order valence-corrected chi connectivity index (χ3v) is 3.20. The minimum Gasteiger partial charge on any atom is -0.362 e. The van der Waals surface area contributed by atoms with Crippen molar-refractivity contribution in [2.75, 3.05) is 32.5 Å². The Morgan fingerprint density at radius 3 is 2.20 bits per heavy atom. The number of hydrogen-bond donors (Lipinski definition) is 2. The SMILES string of the molecule is Cc1cc(C)cc(NC(=S)NCC(C)(C)CN(C)C)c1. The number of anilines is 1. The summed E-state index contributed by atoms with van der Waals surface area (Å²) in [6.45, 7) is 10.5. The molecule has 1 aromatic rings. The third-order valence-electron chi connectivity index (χ3n) is 2.95. The fraction of sp³-hybridized carbons (Fsp3) is 0.562. The molecule has 1 rings (SSSR count). The highest BCUT2D eigenvalue weighted by Gasteiger charge is 2.18. The van der Waals surface area contributed by atoms with Crippen molar-refractivity contribution in [3.8, 4) is 0 Å². The highest BCUT2D eigenvalue weighted by Crippen LogP contribution is 2.15. The van der Waals surface area contributed by atoms with Gasteiger partial charge in [0.05, 0.1) is 0 Å². The summed E-state index contributed by atoms with van der Waals surface area (Å²) in [6.07, 6.45) is 0. The Morgan fingerprint density at radius 1 is 1.15 bits per heavy atom. The monoisotopic (exact) mass is 293 g/mol. The van der Waals surface area contributed by atoms with E-state index in [1.807, 2.05) is 0 Å². The molecule has 0 bridgehead atoms. The van der Waals surface area contributed by atoms with E-state index in [0.717, 1.165) is 18.8 Å². The third kappa shape index (κ3) is 6.35. The normalized spacial score (nSPS) is 11.6. The van der Waals surface area contributed by atoms with Crippen molar-refractivity contribution in [3.05, 3.63) is 29.3 Å². The molecule has 0 unspecified atom stereocenters. The van der Waals surface area contributed by atoms with Crippen LogP contribution >= 0.6 is 12.2 Å². The second-order valence-corrected chi connectivity index (χ2v) is 6.99. The molecule has 0 saturated heterocycles. The summed E-state index contributed by atoms with van der Waals surface area (Å²) in [5.41, 5.74) is 3.70. The number of thiocarbonyl (C=S) groups is 1. The number of nitrogens with one attached hydrogen (secondary N) is 2. The molecule has 112 valence electrons. The van der Waals surface area contributed by atoms with Crippen molar-refractivity contribution in [3.63, 3.8) is 0 Å².